The molecule has 0 aliphatic carbocycles. The van der Waals surface area contributed by atoms with E-state index in [0.717, 1.165) is 37.8 Å². The van der Waals surface area contributed by atoms with Crippen LogP contribution in [0.2, 0.25) is 0 Å². The van der Waals surface area contributed by atoms with E-state index in [1.807, 2.05) is 35.2 Å². The quantitative estimate of drug-likeness (QED) is 0.845. The zero-order valence-electron chi connectivity index (χ0n) is 13.6. The summed E-state index contributed by atoms with van der Waals surface area (Å²) in [7, 11) is 0. The van der Waals surface area contributed by atoms with E-state index >= 15 is 0 Å². The second-order valence-corrected chi connectivity index (χ2v) is 6.10. The summed E-state index contributed by atoms with van der Waals surface area (Å²) >= 11 is 0. The molecule has 2 aromatic rings. The number of hydrogen-bond donors (Lipinski definition) is 0. The molecule has 1 aromatic carbocycles. The maximum atomic E-state index is 12.2. The Morgan fingerprint density at radius 1 is 1.35 bits per heavy atom. The van der Waals surface area contributed by atoms with Gasteiger partial charge < -0.3 is 9.42 Å². The molecule has 1 aromatic heterocycles. The second kappa shape index (κ2) is 7.40. The molecule has 0 spiro atoms. The summed E-state index contributed by atoms with van der Waals surface area (Å²) in [5.74, 6) is 1.67. The van der Waals surface area contributed by atoms with E-state index in [2.05, 4.69) is 17.1 Å². The number of carbonyl (C=O) groups excluding carboxylic acids is 1. The van der Waals surface area contributed by atoms with Gasteiger partial charge in [-0.2, -0.15) is 4.98 Å². The standard InChI is InChI=1S/C18H23N3O2/c1-2-3-11-16(22)21-12-7-10-15(13-21)18-19-17(20-23-18)14-8-5-4-6-9-14/h4-6,8-9,15H,2-3,7,10-13H2,1H3. The smallest absolute Gasteiger partial charge is 0.231 e. The molecule has 1 aliphatic rings. The van der Waals surface area contributed by atoms with Gasteiger partial charge in [0, 0.05) is 25.1 Å². The SMILES string of the molecule is CCCCC(=O)N1CCCC(c2nc(-c3ccccc3)no2)C1. The van der Waals surface area contributed by atoms with Crippen molar-refractivity contribution in [3.8, 4) is 11.4 Å². The van der Waals surface area contributed by atoms with E-state index in [-0.39, 0.29) is 11.8 Å². The second-order valence-electron chi connectivity index (χ2n) is 6.10. The average molecular weight is 313 g/mol. The van der Waals surface area contributed by atoms with E-state index in [9.17, 15) is 4.79 Å². The molecular formula is C18H23N3O2. The first-order valence-electron chi connectivity index (χ1n) is 8.44. The Morgan fingerprint density at radius 3 is 2.96 bits per heavy atom. The van der Waals surface area contributed by atoms with Crippen molar-refractivity contribution in [3.63, 3.8) is 0 Å². The third-order valence-corrected chi connectivity index (χ3v) is 4.34. The summed E-state index contributed by atoms with van der Waals surface area (Å²) in [6.07, 6.45) is 4.63. The summed E-state index contributed by atoms with van der Waals surface area (Å²) in [6, 6.07) is 9.82. The highest BCUT2D eigenvalue weighted by atomic mass is 16.5. The maximum Gasteiger partial charge on any atom is 0.231 e. The largest absolute Gasteiger partial charge is 0.342 e. The number of amides is 1. The minimum atomic E-state index is 0.152. The van der Waals surface area contributed by atoms with Gasteiger partial charge in [0.15, 0.2) is 0 Å². The molecule has 0 saturated carbocycles. The van der Waals surface area contributed by atoms with Crippen LogP contribution in [-0.2, 0) is 4.79 Å². The van der Waals surface area contributed by atoms with Gasteiger partial charge in [0.2, 0.25) is 17.6 Å². The van der Waals surface area contributed by atoms with E-state index in [4.69, 9.17) is 4.52 Å². The summed E-state index contributed by atoms with van der Waals surface area (Å²) in [5, 5.41) is 4.09. The average Bonchev–Trinajstić information content (AvgIpc) is 3.11. The van der Waals surface area contributed by atoms with Gasteiger partial charge in [0.1, 0.15) is 0 Å². The van der Waals surface area contributed by atoms with Crippen molar-refractivity contribution in [2.24, 2.45) is 0 Å². The van der Waals surface area contributed by atoms with Gasteiger partial charge in [-0.05, 0) is 19.3 Å². The fourth-order valence-electron chi connectivity index (χ4n) is 3.00. The fraction of sp³-hybridized carbons (Fsp3) is 0.500. The molecule has 1 aliphatic heterocycles. The molecule has 1 saturated heterocycles. The first-order chi connectivity index (χ1) is 11.3. The Morgan fingerprint density at radius 2 is 2.17 bits per heavy atom. The molecule has 122 valence electrons. The third kappa shape index (κ3) is 3.78. The van der Waals surface area contributed by atoms with Gasteiger partial charge >= 0.3 is 0 Å². The lowest BCUT2D eigenvalue weighted by Gasteiger charge is -2.31. The van der Waals surface area contributed by atoms with Crippen LogP contribution in [0.15, 0.2) is 34.9 Å². The molecule has 1 unspecified atom stereocenters. The lowest BCUT2D eigenvalue weighted by molar-refractivity contribution is -0.132. The van der Waals surface area contributed by atoms with Crippen molar-refractivity contribution in [1.29, 1.82) is 0 Å². The topological polar surface area (TPSA) is 59.2 Å². The number of nitrogens with zero attached hydrogens (tertiary/aromatic N) is 3. The predicted octanol–water partition coefficient (Wildman–Crippen LogP) is 3.63. The maximum absolute atomic E-state index is 12.2. The molecule has 5 heteroatoms. The predicted molar refractivity (Wildman–Crippen MR) is 87.8 cm³/mol. The monoisotopic (exact) mass is 313 g/mol. The lowest BCUT2D eigenvalue weighted by atomic mass is 9.97. The fourth-order valence-corrected chi connectivity index (χ4v) is 3.00. The first-order valence-corrected chi connectivity index (χ1v) is 8.44. The first kappa shape index (κ1) is 15.7. The van der Waals surface area contributed by atoms with Crippen LogP contribution in [0, 0.1) is 0 Å². The minimum Gasteiger partial charge on any atom is -0.342 e. The minimum absolute atomic E-state index is 0.152. The summed E-state index contributed by atoms with van der Waals surface area (Å²) in [5.41, 5.74) is 0.953. The van der Waals surface area contributed by atoms with Crippen molar-refractivity contribution >= 4 is 5.91 Å². The molecule has 1 atom stereocenters. The van der Waals surface area contributed by atoms with Crippen LogP contribution in [0.4, 0.5) is 0 Å². The number of benzene rings is 1. The van der Waals surface area contributed by atoms with Crippen LogP contribution < -0.4 is 0 Å². The van der Waals surface area contributed by atoms with Crippen LogP contribution in [0.25, 0.3) is 11.4 Å². The van der Waals surface area contributed by atoms with Crippen molar-refractivity contribution in [2.45, 2.75) is 44.9 Å². The molecule has 0 radical (unpaired) electrons. The Hall–Kier alpha value is -2.17. The van der Waals surface area contributed by atoms with E-state index < -0.39 is 0 Å². The molecule has 1 fully saturated rings. The molecule has 0 bridgehead atoms. The Labute approximate surface area is 136 Å². The number of hydrogen-bond acceptors (Lipinski definition) is 4. The van der Waals surface area contributed by atoms with Crippen LogP contribution in [0.1, 0.15) is 50.8 Å². The number of likely N-dealkylation sites (tertiary alicyclic amines) is 1. The van der Waals surface area contributed by atoms with Gasteiger partial charge in [0.25, 0.3) is 0 Å². The highest BCUT2D eigenvalue weighted by Gasteiger charge is 2.28. The van der Waals surface area contributed by atoms with Crippen LogP contribution in [0.5, 0.6) is 0 Å². The van der Waals surface area contributed by atoms with Crippen LogP contribution in [-0.4, -0.2) is 34.0 Å². The molecule has 3 rings (SSSR count). The zero-order valence-corrected chi connectivity index (χ0v) is 13.6. The van der Waals surface area contributed by atoms with Gasteiger partial charge in [-0.3, -0.25) is 4.79 Å². The third-order valence-electron chi connectivity index (χ3n) is 4.34. The molecule has 0 N–H and O–H groups in total. The Kier molecular flexibility index (Phi) is 5.05. The molecular weight excluding hydrogens is 290 g/mol. The van der Waals surface area contributed by atoms with Gasteiger partial charge in [0.05, 0.1) is 5.92 Å². The highest BCUT2D eigenvalue weighted by molar-refractivity contribution is 5.76. The number of unbranched alkanes of at least 4 members (excludes halogenated alkanes) is 1. The van der Waals surface area contributed by atoms with E-state index in [1.54, 1.807) is 0 Å². The number of aromatic nitrogens is 2. The molecule has 5 nitrogen and oxygen atoms in total. The van der Waals surface area contributed by atoms with Gasteiger partial charge in [-0.1, -0.05) is 48.8 Å². The molecule has 2 heterocycles. The van der Waals surface area contributed by atoms with Crippen molar-refractivity contribution in [2.75, 3.05) is 13.1 Å². The van der Waals surface area contributed by atoms with Crippen LogP contribution >= 0.6 is 0 Å². The molecule has 23 heavy (non-hydrogen) atoms. The zero-order chi connectivity index (χ0) is 16.1. The van der Waals surface area contributed by atoms with Crippen molar-refractivity contribution in [1.82, 2.24) is 15.0 Å². The van der Waals surface area contributed by atoms with Crippen LogP contribution in [0.3, 0.4) is 0 Å². The van der Waals surface area contributed by atoms with E-state index in [0.29, 0.717) is 24.7 Å². The van der Waals surface area contributed by atoms with Crippen molar-refractivity contribution in [3.05, 3.63) is 36.2 Å². The molecule has 1 amide bonds. The number of carbonyl (C=O) groups is 1. The van der Waals surface area contributed by atoms with Gasteiger partial charge in [-0.25, -0.2) is 0 Å². The Balaban J connectivity index is 1.67. The van der Waals surface area contributed by atoms with Gasteiger partial charge in [-0.15, -0.1) is 0 Å². The summed E-state index contributed by atoms with van der Waals surface area (Å²) in [6.45, 7) is 3.65. The summed E-state index contributed by atoms with van der Waals surface area (Å²) < 4.78 is 5.47. The highest BCUT2D eigenvalue weighted by Crippen LogP contribution is 2.28. The Bertz CT molecular complexity index is 639. The van der Waals surface area contributed by atoms with E-state index in [1.165, 1.54) is 0 Å². The lowest BCUT2D eigenvalue weighted by Crippen LogP contribution is -2.39. The number of piperidine rings is 1. The normalized spacial score (nSPS) is 18.1. The summed E-state index contributed by atoms with van der Waals surface area (Å²) in [4.78, 5) is 18.7. The van der Waals surface area contributed by atoms with Crippen molar-refractivity contribution < 1.29 is 9.32 Å². The number of rotatable bonds is 5.